The second-order valence-electron chi connectivity index (χ2n) is 7.50. The van der Waals surface area contributed by atoms with Gasteiger partial charge in [0, 0.05) is 23.1 Å². The molecule has 2 rings (SSSR count). The third kappa shape index (κ3) is 5.91. The van der Waals surface area contributed by atoms with Crippen LogP contribution in [0.4, 0.5) is 0 Å². The van der Waals surface area contributed by atoms with Crippen LogP contribution in [0.1, 0.15) is 39.7 Å². The van der Waals surface area contributed by atoms with Gasteiger partial charge in [-0.3, -0.25) is 19.0 Å². The van der Waals surface area contributed by atoms with E-state index in [1.165, 1.54) is 22.0 Å². The zero-order valence-electron chi connectivity index (χ0n) is 16.5. The van der Waals surface area contributed by atoms with E-state index in [1.807, 2.05) is 39.8 Å². The minimum Gasteiger partial charge on any atom is -0.355 e. The van der Waals surface area contributed by atoms with Crippen LogP contribution in [0.2, 0.25) is 5.02 Å². The highest BCUT2D eigenvalue weighted by molar-refractivity contribution is 7.07. The molecule has 5 nitrogen and oxygen atoms in total. The average Bonchev–Trinajstić information content (AvgIpc) is 2.90. The number of amides is 1. The number of halogens is 1. The summed E-state index contributed by atoms with van der Waals surface area (Å²) >= 11 is 7.11. The number of Topliss-reactive ketones (excluding diaryl/α,β-unsaturated/α-hetero) is 1. The van der Waals surface area contributed by atoms with Gasteiger partial charge in [-0.2, -0.15) is 0 Å². The van der Waals surface area contributed by atoms with Crippen LogP contribution in [-0.2, 0) is 16.1 Å². The molecule has 1 aromatic heterocycles. The number of hydrogen-bond donors (Lipinski definition) is 1. The molecule has 0 saturated heterocycles. The van der Waals surface area contributed by atoms with E-state index in [2.05, 4.69) is 5.32 Å². The molecule has 0 atom stereocenters. The maximum Gasteiger partial charge on any atom is 0.269 e. The SMILES string of the molecule is CCCNC(=O)Cn1c(=O)/c(=C\c2ccc(Cl)cc2)s/c1=C\C(=O)C(C)(C)C. The van der Waals surface area contributed by atoms with E-state index in [0.29, 0.717) is 20.8 Å². The Hall–Kier alpha value is -2.18. The van der Waals surface area contributed by atoms with Crippen LogP contribution < -0.4 is 20.1 Å². The van der Waals surface area contributed by atoms with Crippen molar-refractivity contribution >= 4 is 46.8 Å². The Labute approximate surface area is 173 Å². The van der Waals surface area contributed by atoms with Crippen molar-refractivity contribution in [1.82, 2.24) is 9.88 Å². The van der Waals surface area contributed by atoms with Gasteiger partial charge in [0.05, 0.1) is 4.53 Å². The lowest BCUT2D eigenvalue weighted by atomic mass is 9.91. The Bertz CT molecular complexity index is 1030. The Morgan fingerprint density at radius 3 is 2.43 bits per heavy atom. The fourth-order valence-corrected chi connectivity index (χ4v) is 3.46. The molecular weight excluding hydrogens is 396 g/mol. The lowest BCUT2D eigenvalue weighted by Gasteiger charge is -2.12. The average molecular weight is 421 g/mol. The second-order valence-corrected chi connectivity index (χ2v) is 9.00. The van der Waals surface area contributed by atoms with Gasteiger partial charge in [-0.15, -0.1) is 11.3 Å². The quantitative estimate of drug-likeness (QED) is 0.779. The number of ketones is 1. The van der Waals surface area contributed by atoms with Crippen molar-refractivity contribution in [3.63, 3.8) is 0 Å². The van der Waals surface area contributed by atoms with Crippen LogP contribution in [-0.4, -0.2) is 22.8 Å². The summed E-state index contributed by atoms with van der Waals surface area (Å²) in [5.41, 5.74) is -0.0475. The van der Waals surface area contributed by atoms with Crippen molar-refractivity contribution in [3.8, 4) is 0 Å². The van der Waals surface area contributed by atoms with E-state index in [4.69, 9.17) is 11.6 Å². The summed E-state index contributed by atoms with van der Waals surface area (Å²) in [7, 11) is 0. The summed E-state index contributed by atoms with van der Waals surface area (Å²) in [6.45, 7) is 7.83. The number of benzene rings is 1. The molecule has 150 valence electrons. The lowest BCUT2D eigenvalue weighted by molar-refractivity contribution is -0.122. The summed E-state index contributed by atoms with van der Waals surface area (Å²) in [5, 5.41) is 3.38. The summed E-state index contributed by atoms with van der Waals surface area (Å²) in [4.78, 5) is 37.6. The van der Waals surface area contributed by atoms with Gasteiger partial charge < -0.3 is 5.32 Å². The summed E-state index contributed by atoms with van der Waals surface area (Å²) < 4.78 is 2.29. The van der Waals surface area contributed by atoms with Gasteiger partial charge >= 0.3 is 0 Å². The lowest BCUT2D eigenvalue weighted by Crippen LogP contribution is -2.38. The first-order valence-electron chi connectivity index (χ1n) is 9.11. The van der Waals surface area contributed by atoms with Gasteiger partial charge in [-0.05, 0) is 30.2 Å². The molecule has 1 heterocycles. The van der Waals surface area contributed by atoms with Crippen LogP contribution in [0, 0.1) is 5.41 Å². The fourth-order valence-electron chi connectivity index (χ4n) is 2.30. The van der Waals surface area contributed by atoms with Crippen molar-refractivity contribution < 1.29 is 9.59 Å². The van der Waals surface area contributed by atoms with Crippen molar-refractivity contribution in [2.75, 3.05) is 6.54 Å². The first kappa shape index (κ1) is 22.1. The Balaban J connectivity index is 2.57. The smallest absolute Gasteiger partial charge is 0.269 e. The molecule has 0 unspecified atom stereocenters. The van der Waals surface area contributed by atoms with E-state index < -0.39 is 5.41 Å². The van der Waals surface area contributed by atoms with Gasteiger partial charge in [-0.25, -0.2) is 0 Å². The molecule has 0 aliphatic rings. The third-order valence-corrected chi connectivity index (χ3v) is 5.28. The molecule has 0 aliphatic carbocycles. The van der Waals surface area contributed by atoms with E-state index in [1.54, 1.807) is 18.2 Å². The monoisotopic (exact) mass is 420 g/mol. The number of nitrogens with zero attached hydrogens (tertiary/aromatic N) is 1. The van der Waals surface area contributed by atoms with E-state index in [-0.39, 0.29) is 23.8 Å². The van der Waals surface area contributed by atoms with Gasteiger partial charge in [-0.1, -0.05) is 51.4 Å². The number of hydrogen-bond acceptors (Lipinski definition) is 4. The Morgan fingerprint density at radius 1 is 1.21 bits per heavy atom. The van der Waals surface area contributed by atoms with Gasteiger partial charge in [0.2, 0.25) is 5.91 Å². The van der Waals surface area contributed by atoms with E-state index in [9.17, 15) is 14.4 Å². The zero-order valence-corrected chi connectivity index (χ0v) is 18.1. The van der Waals surface area contributed by atoms with Gasteiger partial charge in [0.15, 0.2) is 5.78 Å². The number of aromatic nitrogens is 1. The molecule has 0 radical (unpaired) electrons. The maximum atomic E-state index is 12.9. The number of carbonyl (C=O) groups excluding carboxylic acids is 2. The molecule has 7 heteroatoms. The molecular formula is C21H25ClN2O3S. The predicted molar refractivity (Wildman–Crippen MR) is 115 cm³/mol. The highest BCUT2D eigenvalue weighted by atomic mass is 35.5. The number of carbonyl (C=O) groups is 2. The van der Waals surface area contributed by atoms with E-state index in [0.717, 1.165) is 12.0 Å². The number of thiazole rings is 1. The van der Waals surface area contributed by atoms with Crippen molar-refractivity contribution in [2.24, 2.45) is 5.41 Å². The molecule has 1 aromatic carbocycles. The number of rotatable bonds is 6. The molecule has 0 aliphatic heterocycles. The number of nitrogens with one attached hydrogen (secondary N) is 1. The second kappa shape index (κ2) is 9.34. The summed E-state index contributed by atoms with van der Waals surface area (Å²) in [5.74, 6) is -0.354. The molecule has 0 bridgehead atoms. The molecule has 0 fully saturated rings. The van der Waals surface area contributed by atoms with Crippen LogP contribution in [0.15, 0.2) is 29.1 Å². The van der Waals surface area contributed by atoms with Crippen molar-refractivity contribution in [2.45, 2.75) is 40.7 Å². The largest absolute Gasteiger partial charge is 0.355 e. The van der Waals surface area contributed by atoms with Gasteiger partial charge in [0.25, 0.3) is 5.56 Å². The van der Waals surface area contributed by atoms with Crippen molar-refractivity contribution in [3.05, 3.63) is 54.4 Å². The van der Waals surface area contributed by atoms with Gasteiger partial charge in [0.1, 0.15) is 11.2 Å². The molecule has 0 saturated carbocycles. The van der Waals surface area contributed by atoms with E-state index >= 15 is 0 Å². The fraction of sp³-hybridized carbons (Fsp3) is 0.381. The Kier molecular flexibility index (Phi) is 7.38. The zero-order chi connectivity index (χ0) is 20.9. The molecule has 1 amide bonds. The maximum absolute atomic E-state index is 12.9. The van der Waals surface area contributed by atoms with Crippen LogP contribution in [0.25, 0.3) is 12.2 Å². The van der Waals surface area contributed by atoms with Crippen molar-refractivity contribution in [1.29, 1.82) is 0 Å². The van der Waals surface area contributed by atoms with Crippen LogP contribution in [0.3, 0.4) is 0 Å². The highest BCUT2D eigenvalue weighted by Gasteiger charge is 2.20. The topological polar surface area (TPSA) is 68.2 Å². The molecule has 1 N–H and O–H groups in total. The minimum absolute atomic E-state index is 0.102. The summed E-state index contributed by atoms with van der Waals surface area (Å²) in [6, 6.07) is 7.11. The van der Waals surface area contributed by atoms with Crippen LogP contribution >= 0.6 is 22.9 Å². The van der Waals surface area contributed by atoms with Crippen LogP contribution in [0.5, 0.6) is 0 Å². The Morgan fingerprint density at radius 2 is 1.86 bits per heavy atom. The first-order chi connectivity index (χ1) is 13.1. The first-order valence-corrected chi connectivity index (χ1v) is 10.3. The molecule has 0 spiro atoms. The highest BCUT2D eigenvalue weighted by Crippen LogP contribution is 2.15. The standard InChI is InChI=1S/C21H25ClN2O3S/c1-5-10-23-18(26)13-24-19(12-17(25)21(2,3)4)28-16(20(24)27)11-14-6-8-15(22)9-7-14/h6-9,11-12H,5,10,13H2,1-4H3,(H,23,26)/b16-11+,19-12-. The third-order valence-electron chi connectivity index (χ3n) is 3.97. The minimum atomic E-state index is -0.574. The normalized spacial score (nSPS) is 13.0. The predicted octanol–water partition coefficient (Wildman–Crippen LogP) is 2.31. The summed E-state index contributed by atoms with van der Waals surface area (Å²) in [6.07, 6.45) is 4.00. The molecule has 2 aromatic rings. The molecule has 28 heavy (non-hydrogen) atoms.